The molecule has 0 bridgehead atoms. The van der Waals surface area contributed by atoms with Crippen molar-refractivity contribution in [3.63, 3.8) is 0 Å². The number of amides is 2. The van der Waals surface area contributed by atoms with E-state index >= 15 is 0 Å². The highest BCUT2D eigenvalue weighted by Crippen LogP contribution is 2.16. The molecule has 0 aliphatic carbocycles. The second-order valence-corrected chi connectivity index (χ2v) is 5.93. The van der Waals surface area contributed by atoms with E-state index in [0.29, 0.717) is 22.0 Å². The third kappa shape index (κ3) is 4.45. The van der Waals surface area contributed by atoms with Gasteiger partial charge in [-0.15, -0.1) is 0 Å². The van der Waals surface area contributed by atoms with Crippen molar-refractivity contribution in [2.45, 2.75) is 12.6 Å². The summed E-state index contributed by atoms with van der Waals surface area (Å²) in [6.07, 6.45) is 1.51. The molecule has 3 rings (SSSR count). The lowest BCUT2D eigenvalue weighted by Crippen LogP contribution is -2.48. The molecule has 0 aliphatic rings. The number of fused-ring (bicyclic) bond motifs is 1. The lowest BCUT2D eigenvalue weighted by Gasteiger charge is -2.17. The second-order valence-electron chi connectivity index (χ2n) is 5.93. The molecular weight excluding hydrogens is 349 g/mol. The summed E-state index contributed by atoms with van der Waals surface area (Å²) < 4.78 is 12.9. The quantitative estimate of drug-likeness (QED) is 0.619. The maximum atomic E-state index is 12.9. The Morgan fingerprint density at radius 1 is 1.07 bits per heavy atom. The minimum Gasteiger partial charge on any atom is -0.394 e. The van der Waals surface area contributed by atoms with Crippen molar-refractivity contribution in [1.82, 2.24) is 15.6 Å². The lowest BCUT2D eigenvalue weighted by molar-refractivity contribution is -0.124. The fourth-order valence-corrected chi connectivity index (χ4v) is 2.64. The van der Waals surface area contributed by atoms with Crippen LogP contribution >= 0.6 is 0 Å². The maximum Gasteiger partial charge on any atom is 0.252 e. The number of halogens is 1. The second kappa shape index (κ2) is 8.37. The van der Waals surface area contributed by atoms with Gasteiger partial charge in [-0.05, 0) is 29.8 Å². The van der Waals surface area contributed by atoms with E-state index in [2.05, 4.69) is 15.6 Å². The summed E-state index contributed by atoms with van der Waals surface area (Å²) in [7, 11) is 0. The van der Waals surface area contributed by atoms with Crippen LogP contribution in [0.3, 0.4) is 0 Å². The van der Waals surface area contributed by atoms with Crippen LogP contribution < -0.4 is 10.6 Å². The molecule has 1 unspecified atom stereocenters. The number of hydrogen-bond donors (Lipinski definition) is 3. The van der Waals surface area contributed by atoms with Crippen LogP contribution in [0.15, 0.2) is 60.8 Å². The molecule has 0 spiro atoms. The number of pyridine rings is 1. The van der Waals surface area contributed by atoms with Crippen LogP contribution in [-0.4, -0.2) is 34.6 Å². The van der Waals surface area contributed by atoms with Gasteiger partial charge >= 0.3 is 0 Å². The first-order valence-electron chi connectivity index (χ1n) is 8.36. The molecule has 6 nitrogen and oxygen atoms in total. The number of rotatable bonds is 6. The molecule has 0 fully saturated rings. The zero-order valence-electron chi connectivity index (χ0n) is 14.4. The van der Waals surface area contributed by atoms with E-state index < -0.39 is 24.5 Å². The predicted octanol–water partition coefficient (Wildman–Crippen LogP) is 1.78. The largest absolute Gasteiger partial charge is 0.394 e. The Morgan fingerprint density at radius 3 is 2.56 bits per heavy atom. The van der Waals surface area contributed by atoms with Gasteiger partial charge in [-0.2, -0.15) is 0 Å². The van der Waals surface area contributed by atoms with Gasteiger partial charge in [0.15, 0.2) is 0 Å². The highest BCUT2D eigenvalue weighted by Gasteiger charge is 2.21. The molecule has 1 heterocycles. The minimum absolute atomic E-state index is 0.156. The number of nitrogens with zero attached hydrogens (tertiary/aromatic N) is 1. The number of benzene rings is 2. The van der Waals surface area contributed by atoms with E-state index in [1.54, 1.807) is 36.4 Å². The van der Waals surface area contributed by atoms with Crippen LogP contribution in [0.5, 0.6) is 0 Å². The highest BCUT2D eigenvalue weighted by atomic mass is 19.1. The van der Waals surface area contributed by atoms with E-state index in [-0.39, 0.29) is 12.4 Å². The van der Waals surface area contributed by atoms with Gasteiger partial charge < -0.3 is 15.7 Å². The molecule has 0 saturated carbocycles. The van der Waals surface area contributed by atoms with Gasteiger partial charge in [0.1, 0.15) is 11.9 Å². The number of nitrogens with one attached hydrogen (secondary N) is 2. The molecule has 7 heteroatoms. The van der Waals surface area contributed by atoms with Crippen molar-refractivity contribution >= 4 is 22.7 Å². The average molecular weight is 367 g/mol. The fraction of sp³-hybridized carbons (Fsp3) is 0.150. The molecule has 0 aliphatic heterocycles. The van der Waals surface area contributed by atoms with Gasteiger partial charge in [0, 0.05) is 18.1 Å². The SMILES string of the molecule is O=C(NC(CO)C(=O)NCc1ccc(F)cc1)c1ccnc2ccccc12. The summed E-state index contributed by atoms with van der Waals surface area (Å²) in [5.74, 6) is -1.38. The Hall–Kier alpha value is -3.32. The summed E-state index contributed by atoms with van der Waals surface area (Å²) in [6, 6.07) is 13.3. The minimum atomic E-state index is -1.11. The van der Waals surface area contributed by atoms with Gasteiger partial charge in [-0.1, -0.05) is 30.3 Å². The summed E-state index contributed by atoms with van der Waals surface area (Å²) in [5.41, 5.74) is 1.73. The van der Waals surface area contributed by atoms with Crippen molar-refractivity contribution in [1.29, 1.82) is 0 Å². The van der Waals surface area contributed by atoms with E-state index in [4.69, 9.17) is 0 Å². The van der Waals surface area contributed by atoms with Gasteiger partial charge in [0.2, 0.25) is 5.91 Å². The monoisotopic (exact) mass is 367 g/mol. The Bertz CT molecular complexity index is 955. The molecule has 3 N–H and O–H groups in total. The number of aliphatic hydroxyl groups excluding tert-OH is 1. The number of aromatic nitrogens is 1. The van der Waals surface area contributed by atoms with Gasteiger partial charge in [-0.3, -0.25) is 14.6 Å². The topological polar surface area (TPSA) is 91.3 Å². The van der Waals surface area contributed by atoms with Crippen molar-refractivity contribution in [3.05, 3.63) is 77.7 Å². The maximum absolute atomic E-state index is 12.9. The van der Waals surface area contributed by atoms with Crippen molar-refractivity contribution in [2.24, 2.45) is 0 Å². The van der Waals surface area contributed by atoms with Crippen molar-refractivity contribution in [2.75, 3.05) is 6.61 Å². The average Bonchev–Trinajstić information content (AvgIpc) is 2.70. The Kier molecular flexibility index (Phi) is 5.73. The first-order chi connectivity index (χ1) is 13.1. The number of hydrogen-bond acceptors (Lipinski definition) is 4. The molecule has 1 aromatic heterocycles. The van der Waals surface area contributed by atoms with E-state index in [9.17, 15) is 19.1 Å². The molecule has 2 amide bonds. The van der Waals surface area contributed by atoms with Crippen molar-refractivity contribution in [3.8, 4) is 0 Å². The third-order valence-corrected chi connectivity index (χ3v) is 4.08. The summed E-state index contributed by atoms with van der Waals surface area (Å²) in [5, 5.41) is 15.3. The van der Waals surface area contributed by atoms with Gasteiger partial charge in [0.25, 0.3) is 5.91 Å². The number of carbonyl (C=O) groups excluding carboxylic acids is 2. The third-order valence-electron chi connectivity index (χ3n) is 4.08. The molecule has 0 radical (unpaired) electrons. The van der Waals surface area contributed by atoms with Crippen molar-refractivity contribution < 1.29 is 19.1 Å². The highest BCUT2D eigenvalue weighted by molar-refractivity contribution is 6.07. The predicted molar refractivity (Wildman–Crippen MR) is 98.3 cm³/mol. The van der Waals surface area contributed by atoms with Crippen LogP contribution in [-0.2, 0) is 11.3 Å². The Morgan fingerprint density at radius 2 is 1.81 bits per heavy atom. The van der Waals surface area contributed by atoms with E-state index in [1.807, 2.05) is 6.07 Å². The fourth-order valence-electron chi connectivity index (χ4n) is 2.64. The summed E-state index contributed by atoms with van der Waals surface area (Å²) in [4.78, 5) is 29.0. The molecule has 2 aromatic carbocycles. The smallest absolute Gasteiger partial charge is 0.252 e. The standard InChI is InChI=1S/C20H18FN3O3/c21-14-7-5-13(6-8-14)11-23-20(27)18(12-25)24-19(26)16-9-10-22-17-4-2-1-3-15(16)17/h1-10,18,25H,11-12H2,(H,23,27)(H,24,26). The zero-order valence-corrected chi connectivity index (χ0v) is 14.4. The lowest BCUT2D eigenvalue weighted by atomic mass is 10.1. The van der Waals surface area contributed by atoms with Crippen LogP contribution in [0, 0.1) is 5.82 Å². The number of para-hydroxylation sites is 1. The van der Waals surface area contributed by atoms with E-state index in [0.717, 1.165) is 0 Å². The molecule has 3 aromatic rings. The Balaban J connectivity index is 1.67. The molecule has 1 atom stereocenters. The van der Waals surface area contributed by atoms with Gasteiger partial charge in [0.05, 0.1) is 17.7 Å². The summed E-state index contributed by atoms with van der Waals surface area (Å²) >= 11 is 0. The van der Waals surface area contributed by atoms with Gasteiger partial charge in [-0.25, -0.2) is 4.39 Å². The molecule has 27 heavy (non-hydrogen) atoms. The Labute approximate surface area is 155 Å². The molecule has 138 valence electrons. The van der Waals surface area contributed by atoms with Crippen LogP contribution in [0.4, 0.5) is 4.39 Å². The molecular formula is C20H18FN3O3. The normalized spacial score (nSPS) is 11.8. The zero-order chi connectivity index (χ0) is 19.2. The van der Waals surface area contributed by atoms with E-state index in [1.165, 1.54) is 18.3 Å². The number of carbonyl (C=O) groups is 2. The van der Waals surface area contributed by atoms with Crippen LogP contribution in [0.2, 0.25) is 0 Å². The van der Waals surface area contributed by atoms with Crippen LogP contribution in [0.25, 0.3) is 10.9 Å². The van der Waals surface area contributed by atoms with Crippen LogP contribution in [0.1, 0.15) is 15.9 Å². The first-order valence-corrected chi connectivity index (χ1v) is 8.36. The molecule has 0 saturated heterocycles. The summed E-state index contributed by atoms with van der Waals surface area (Å²) in [6.45, 7) is -0.395. The number of aliphatic hydroxyl groups is 1. The first kappa shape index (κ1) is 18.5.